The highest BCUT2D eigenvalue weighted by Gasteiger charge is 2.29. The summed E-state index contributed by atoms with van der Waals surface area (Å²) in [6.45, 7) is 2.82. The first-order valence-corrected chi connectivity index (χ1v) is 10.2. The fraction of sp³-hybridized carbons (Fsp3) is 0.562. The quantitative estimate of drug-likeness (QED) is 0.768. The van der Waals surface area contributed by atoms with Gasteiger partial charge in [-0.05, 0) is 25.8 Å². The van der Waals surface area contributed by atoms with E-state index in [9.17, 15) is 13.2 Å². The number of aryl methyl sites for hydroxylation is 1. The molecule has 2 aromatic heterocycles. The van der Waals surface area contributed by atoms with Crippen LogP contribution in [-0.2, 0) is 16.6 Å². The molecular formula is C16H22N4O5S. The summed E-state index contributed by atoms with van der Waals surface area (Å²) < 4.78 is 35.0. The molecule has 0 N–H and O–H groups in total. The molecule has 0 saturated carbocycles. The lowest BCUT2D eigenvalue weighted by atomic mass is 9.98. The third-order valence-corrected chi connectivity index (χ3v) is 5.88. The van der Waals surface area contributed by atoms with E-state index in [-0.39, 0.29) is 18.4 Å². The van der Waals surface area contributed by atoms with Gasteiger partial charge in [-0.1, -0.05) is 5.16 Å². The third kappa shape index (κ3) is 3.96. The van der Waals surface area contributed by atoms with Crippen molar-refractivity contribution in [2.45, 2.75) is 32.2 Å². The number of amides is 1. The average molecular weight is 382 g/mol. The zero-order valence-electron chi connectivity index (χ0n) is 15.0. The summed E-state index contributed by atoms with van der Waals surface area (Å²) in [5, 5.41) is 4.01. The Morgan fingerprint density at radius 1 is 1.38 bits per heavy atom. The Labute approximate surface area is 152 Å². The number of hydrogen-bond acceptors (Lipinski definition) is 7. The molecule has 0 spiro atoms. The van der Waals surface area contributed by atoms with Crippen molar-refractivity contribution in [1.82, 2.24) is 19.3 Å². The SMILES string of the molecule is Cc1occc1C(=O)N(C)Cc1nc(C2CCN(S(C)(=O)=O)CC2)no1. The molecule has 0 bridgehead atoms. The second-order valence-corrected chi connectivity index (χ2v) is 8.52. The van der Waals surface area contributed by atoms with E-state index < -0.39 is 10.0 Å². The number of furan rings is 1. The maximum absolute atomic E-state index is 12.4. The Balaban J connectivity index is 1.60. The maximum Gasteiger partial charge on any atom is 0.257 e. The van der Waals surface area contributed by atoms with Gasteiger partial charge in [-0.3, -0.25) is 4.79 Å². The summed E-state index contributed by atoms with van der Waals surface area (Å²) in [7, 11) is -1.50. The van der Waals surface area contributed by atoms with Crippen LogP contribution in [-0.4, -0.2) is 60.1 Å². The number of hydrogen-bond donors (Lipinski definition) is 0. The summed E-state index contributed by atoms with van der Waals surface area (Å²) >= 11 is 0. The molecule has 0 aromatic carbocycles. The molecule has 0 atom stereocenters. The molecule has 0 radical (unpaired) electrons. The van der Waals surface area contributed by atoms with E-state index in [0.717, 1.165) is 0 Å². The molecular weight excluding hydrogens is 360 g/mol. The molecule has 1 saturated heterocycles. The van der Waals surface area contributed by atoms with Crippen LogP contribution in [0.25, 0.3) is 0 Å². The summed E-state index contributed by atoms with van der Waals surface area (Å²) in [5.41, 5.74) is 0.500. The predicted octanol–water partition coefficient (Wildman–Crippen LogP) is 1.38. The summed E-state index contributed by atoms with van der Waals surface area (Å²) in [6.07, 6.45) is 3.99. The normalized spacial score (nSPS) is 16.7. The monoisotopic (exact) mass is 382 g/mol. The van der Waals surface area contributed by atoms with Crippen molar-refractivity contribution in [3.63, 3.8) is 0 Å². The van der Waals surface area contributed by atoms with Gasteiger partial charge in [-0.2, -0.15) is 4.98 Å². The van der Waals surface area contributed by atoms with Crippen LogP contribution in [0.1, 0.15) is 46.6 Å². The first-order chi connectivity index (χ1) is 12.3. The molecule has 9 nitrogen and oxygen atoms in total. The van der Waals surface area contributed by atoms with E-state index in [1.165, 1.54) is 21.7 Å². The van der Waals surface area contributed by atoms with Gasteiger partial charge in [0.05, 0.1) is 24.6 Å². The summed E-state index contributed by atoms with van der Waals surface area (Å²) in [5.74, 6) is 1.35. The first kappa shape index (κ1) is 18.6. The molecule has 2 aromatic rings. The largest absolute Gasteiger partial charge is 0.469 e. The summed E-state index contributed by atoms with van der Waals surface area (Å²) in [6, 6.07) is 1.63. The van der Waals surface area contributed by atoms with Gasteiger partial charge in [0.25, 0.3) is 5.91 Å². The van der Waals surface area contributed by atoms with Crippen molar-refractivity contribution in [2.24, 2.45) is 0 Å². The Hall–Kier alpha value is -2.20. The van der Waals surface area contributed by atoms with Crippen molar-refractivity contribution in [2.75, 3.05) is 26.4 Å². The third-order valence-electron chi connectivity index (χ3n) is 4.58. The molecule has 1 aliphatic rings. The van der Waals surface area contributed by atoms with Crippen LogP contribution in [0, 0.1) is 6.92 Å². The van der Waals surface area contributed by atoms with Crippen LogP contribution >= 0.6 is 0 Å². The molecule has 1 fully saturated rings. The van der Waals surface area contributed by atoms with E-state index in [4.69, 9.17) is 8.94 Å². The van der Waals surface area contributed by atoms with Crippen LogP contribution < -0.4 is 0 Å². The smallest absolute Gasteiger partial charge is 0.257 e. The van der Waals surface area contributed by atoms with E-state index in [2.05, 4.69) is 10.1 Å². The molecule has 0 unspecified atom stereocenters. The van der Waals surface area contributed by atoms with Crippen LogP contribution in [0.3, 0.4) is 0 Å². The average Bonchev–Trinajstić information content (AvgIpc) is 3.22. The lowest BCUT2D eigenvalue weighted by Gasteiger charge is -2.28. The van der Waals surface area contributed by atoms with Gasteiger partial charge < -0.3 is 13.8 Å². The van der Waals surface area contributed by atoms with Crippen LogP contribution in [0.5, 0.6) is 0 Å². The van der Waals surface area contributed by atoms with E-state index in [1.807, 2.05) is 0 Å². The molecule has 1 aliphatic heterocycles. The predicted molar refractivity (Wildman–Crippen MR) is 91.9 cm³/mol. The Kier molecular flexibility index (Phi) is 5.15. The van der Waals surface area contributed by atoms with Crippen molar-refractivity contribution >= 4 is 15.9 Å². The Bertz CT molecular complexity index is 880. The summed E-state index contributed by atoms with van der Waals surface area (Å²) in [4.78, 5) is 18.3. The zero-order valence-corrected chi connectivity index (χ0v) is 15.8. The highest BCUT2D eigenvalue weighted by molar-refractivity contribution is 7.88. The van der Waals surface area contributed by atoms with E-state index in [1.54, 1.807) is 20.0 Å². The van der Waals surface area contributed by atoms with Gasteiger partial charge in [0.1, 0.15) is 5.76 Å². The van der Waals surface area contributed by atoms with Gasteiger partial charge in [0.15, 0.2) is 5.82 Å². The minimum atomic E-state index is -3.16. The van der Waals surface area contributed by atoms with Crippen molar-refractivity contribution in [1.29, 1.82) is 0 Å². The minimum absolute atomic E-state index is 0.0580. The second kappa shape index (κ2) is 7.20. The highest BCUT2D eigenvalue weighted by Crippen LogP contribution is 2.27. The lowest BCUT2D eigenvalue weighted by molar-refractivity contribution is 0.0768. The Morgan fingerprint density at radius 3 is 2.65 bits per heavy atom. The number of piperidine rings is 1. The first-order valence-electron chi connectivity index (χ1n) is 8.33. The van der Waals surface area contributed by atoms with E-state index >= 15 is 0 Å². The fourth-order valence-corrected chi connectivity index (χ4v) is 3.90. The van der Waals surface area contributed by atoms with Crippen molar-refractivity contribution < 1.29 is 22.2 Å². The van der Waals surface area contributed by atoms with Crippen molar-refractivity contribution in [3.05, 3.63) is 35.4 Å². The standard InChI is InChI=1S/C16H22N4O5S/c1-11-13(6-9-24-11)16(21)19(2)10-14-17-15(18-25-14)12-4-7-20(8-5-12)26(3,22)23/h6,9,12H,4-5,7-8,10H2,1-3H3. The van der Waals surface area contributed by atoms with Crippen molar-refractivity contribution in [3.8, 4) is 0 Å². The van der Waals surface area contributed by atoms with Gasteiger partial charge >= 0.3 is 0 Å². The number of carbonyl (C=O) groups excluding carboxylic acids is 1. The molecule has 10 heteroatoms. The molecule has 142 valence electrons. The molecule has 0 aliphatic carbocycles. The lowest BCUT2D eigenvalue weighted by Crippen LogP contribution is -2.37. The Morgan fingerprint density at radius 2 is 2.08 bits per heavy atom. The zero-order chi connectivity index (χ0) is 18.9. The minimum Gasteiger partial charge on any atom is -0.469 e. The topological polar surface area (TPSA) is 110 Å². The maximum atomic E-state index is 12.4. The van der Waals surface area contributed by atoms with Crippen LogP contribution in [0.4, 0.5) is 0 Å². The van der Waals surface area contributed by atoms with Gasteiger partial charge in [-0.25, -0.2) is 12.7 Å². The molecule has 1 amide bonds. The van der Waals surface area contributed by atoms with Gasteiger partial charge in [0.2, 0.25) is 15.9 Å². The number of sulfonamides is 1. The number of rotatable bonds is 5. The molecule has 3 rings (SSSR count). The number of carbonyl (C=O) groups is 1. The van der Waals surface area contributed by atoms with E-state index in [0.29, 0.717) is 49.0 Å². The highest BCUT2D eigenvalue weighted by atomic mass is 32.2. The van der Waals surface area contributed by atoms with Gasteiger partial charge in [-0.15, -0.1) is 0 Å². The second-order valence-electron chi connectivity index (χ2n) is 6.53. The fourth-order valence-electron chi connectivity index (χ4n) is 3.03. The molecule has 26 heavy (non-hydrogen) atoms. The van der Waals surface area contributed by atoms with Crippen LogP contribution in [0.2, 0.25) is 0 Å². The van der Waals surface area contributed by atoms with Gasteiger partial charge in [0, 0.05) is 26.1 Å². The number of nitrogens with zero attached hydrogens (tertiary/aromatic N) is 4. The number of aromatic nitrogens is 2. The van der Waals surface area contributed by atoms with Crippen LogP contribution in [0.15, 0.2) is 21.3 Å². The molecule has 3 heterocycles.